The van der Waals surface area contributed by atoms with Gasteiger partial charge >= 0.3 is 0 Å². The van der Waals surface area contributed by atoms with E-state index in [-0.39, 0.29) is 18.4 Å². The molecule has 6 heteroatoms. The van der Waals surface area contributed by atoms with Crippen LogP contribution in [0.5, 0.6) is 0 Å². The molecule has 0 amide bonds. The second kappa shape index (κ2) is 3.38. The molecule has 16 heavy (non-hydrogen) atoms. The normalized spacial score (nSPS) is 60.0. The van der Waals surface area contributed by atoms with Crippen LogP contribution in [0, 0.1) is 11.8 Å². The maximum absolute atomic E-state index is 10.3. The van der Waals surface area contributed by atoms with Gasteiger partial charge in [-0.25, -0.2) is 0 Å². The van der Waals surface area contributed by atoms with Crippen LogP contribution in [0.3, 0.4) is 0 Å². The smallest absolute Gasteiger partial charge is 0.166 e. The minimum Gasteiger partial charge on any atom is -0.390 e. The molecule has 0 unspecified atom stereocenters. The molecule has 3 aliphatic rings. The molecule has 1 saturated carbocycles. The summed E-state index contributed by atoms with van der Waals surface area (Å²) in [4.78, 5) is 0. The van der Waals surface area contributed by atoms with Crippen LogP contribution in [0.2, 0.25) is 0 Å². The second-order valence-corrected chi connectivity index (χ2v) is 4.83. The molecule has 0 spiro atoms. The van der Waals surface area contributed by atoms with Gasteiger partial charge in [0.25, 0.3) is 0 Å². The highest BCUT2D eigenvalue weighted by Crippen LogP contribution is 2.52. The molecular formula is C10H16O6. The van der Waals surface area contributed by atoms with Crippen LogP contribution in [-0.4, -0.2) is 59.4 Å². The Balaban J connectivity index is 1.93. The SMILES string of the molecule is CO[C@@H]1C[C@H]2[C@H](O)[C@@H](O)[C@@]3(O)CO[C@@H](O1)[C@@H]23. The first-order valence-corrected chi connectivity index (χ1v) is 5.46. The zero-order valence-corrected chi connectivity index (χ0v) is 8.94. The van der Waals surface area contributed by atoms with Crippen LogP contribution in [0.25, 0.3) is 0 Å². The van der Waals surface area contributed by atoms with Gasteiger partial charge in [0.1, 0.15) is 11.7 Å². The maximum Gasteiger partial charge on any atom is 0.166 e. The number of aliphatic hydroxyl groups is 3. The first-order chi connectivity index (χ1) is 7.58. The van der Waals surface area contributed by atoms with Gasteiger partial charge in [-0.2, -0.15) is 0 Å². The summed E-state index contributed by atoms with van der Waals surface area (Å²) in [5.41, 5.74) is -1.38. The largest absolute Gasteiger partial charge is 0.390 e. The third-order valence-electron chi connectivity index (χ3n) is 4.10. The Morgan fingerprint density at radius 3 is 2.81 bits per heavy atom. The lowest BCUT2D eigenvalue weighted by Gasteiger charge is -2.36. The van der Waals surface area contributed by atoms with Crippen LogP contribution in [0.1, 0.15) is 6.42 Å². The number of hydrogen-bond donors (Lipinski definition) is 3. The van der Waals surface area contributed by atoms with Crippen LogP contribution < -0.4 is 0 Å². The molecule has 0 aromatic heterocycles. The van der Waals surface area contributed by atoms with E-state index in [1.54, 1.807) is 0 Å². The van der Waals surface area contributed by atoms with Crippen molar-refractivity contribution in [3.8, 4) is 0 Å². The first kappa shape index (κ1) is 10.9. The molecule has 3 rings (SSSR count). The van der Waals surface area contributed by atoms with Gasteiger partial charge in [0.05, 0.1) is 12.7 Å². The number of aliphatic hydroxyl groups excluding tert-OH is 2. The van der Waals surface area contributed by atoms with Gasteiger partial charge in [-0.05, 0) is 0 Å². The lowest BCUT2D eigenvalue weighted by Crippen LogP contribution is -2.47. The minimum atomic E-state index is -1.38. The zero-order chi connectivity index (χ0) is 11.5. The lowest BCUT2D eigenvalue weighted by molar-refractivity contribution is -0.274. The summed E-state index contributed by atoms with van der Waals surface area (Å²) in [5, 5.41) is 30.1. The molecule has 3 fully saturated rings. The van der Waals surface area contributed by atoms with Gasteiger partial charge in [0, 0.05) is 25.4 Å². The molecule has 0 bridgehead atoms. The van der Waals surface area contributed by atoms with Gasteiger partial charge < -0.3 is 29.5 Å². The summed E-state index contributed by atoms with van der Waals surface area (Å²) in [6.45, 7) is -0.00645. The maximum atomic E-state index is 10.3. The van der Waals surface area contributed by atoms with Crippen molar-refractivity contribution in [3.05, 3.63) is 0 Å². The molecule has 1 aliphatic carbocycles. The first-order valence-electron chi connectivity index (χ1n) is 5.46. The quantitative estimate of drug-likeness (QED) is 0.506. The monoisotopic (exact) mass is 232 g/mol. The van der Waals surface area contributed by atoms with E-state index in [4.69, 9.17) is 14.2 Å². The van der Waals surface area contributed by atoms with E-state index in [0.29, 0.717) is 6.42 Å². The zero-order valence-electron chi connectivity index (χ0n) is 8.94. The van der Waals surface area contributed by atoms with Gasteiger partial charge in [-0.15, -0.1) is 0 Å². The number of hydrogen-bond acceptors (Lipinski definition) is 6. The van der Waals surface area contributed by atoms with Crippen LogP contribution >= 0.6 is 0 Å². The van der Waals surface area contributed by atoms with Crippen molar-refractivity contribution < 1.29 is 29.5 Å². The van der Waals surface area contributed by atoms with Crippen molar-refractivity contribution in [1.29, 1.82) is 0 Å². The summed E-state index contributed by atoms with van der Waals surface area (Å²) in [6, 6.07) is 0. The Kier molecular flexibility index (Phi) is 2.30. The van der Waals surface area contributed by atoms with Crippen molar-refractivity contribution in [2.24, 2.45) is 11.8 Å². The fourth-order valence-corrected chi connectivity index (χ4v) is 3.24. The van der Waals surface area contributed by atoms with Crippen molar-refractivity contribution >= 4 is 0 Å². The molecule has 3 N–H and O–H groups in total. The fraction of sp³-hybridized carbons (Fsp3) is 1.00. The second-order valence-electron chi connectivity index (χ2n) is 4.83. The van der Waals surface area contributed by atoms with Gasteiger partial charge in [0.15, 0.2) is 12.6 Å². The average Bonchev–Trinajstić information content (AvgIpc) is 2.73. The van der Waals surface area contributed by atoms with Crippen molar-refractivity contribution in [3.63, 3.8) is 0 Å². The van der Waals surface area contributed by atoms with Crippen LogP contribution in [-0.2, 0) is 14.2 Å². The third-order valence-corrected chi connectivity index (χ3v) is 4.10. The van der Waals surface area contributed by atoms with E-state index in [0.717, 1.165) is 0 Å². The fourth-order valence-electron chi connectivity index (χ4n) is 3.24. The van der Waals surface area contributed by atoms with E-state index in [9.17, 15) is 15.3 Å². The van der Waals surface area contributed by atoms with E-state index in [2.05, 4.69) is 0 Å². The lowest BCUT2D eigenvalue weighted by atomic mass is 9.83. The molecule has 2 saturated heterocycles. The number of methoxy groups -OCH3 is 1. The predicted molar refractivity (Wildman–Crippen MR) is 50.2 cm³/mol. The molecule has 7 atom stereocenters. The highest BCUT2D eigenvalue weighted by atomic mass is 16.8. The molecule has 6 nitrogen and oxygen atoms in total. The molecule has 0 aromatic rings. The van der Waals surface area contributed by atoms with Crippen molar-refractivity contribution in [2.75, 3.05) is 13.7 Å². The Morgan fingerprint density at radius 1 is 1.38 bits per heavy atom. The molecule has 0 aromatic carbocycles. The third kappa shape index (κ3) is 1.17. The van der Waals surface area contributed by atoms with E-state index < -0.39 is 30.4 Å². The van der Waals surface area contributed by atoms with E-state index in [1.165, 1.54) is 7.11 Å². The Labute approximate surface area is 92.7 Å². The van der Waals surface area contributed by atoms with Gasteiger partial charge in [-0.1, -0.05) is 0 Å². The van der Waals surface area contributed by atoms with E-state index >= 15 is 0 Å². The predicted octanol–water partition coefficient (Wildman–Crippen LogP) is -1.57. The standard InChI is InChI=1S/C10H16O6/c1-14-5-2-4-6-9(16-5)15-3-10(6,13)8(12)7(4)11/h4-9,11-13H,2-3H2,1H3/t4-,5+,6-,7+,8-,9+,10-/m1/s1. The molecular weight excluding hydrogens is 216 g/mol. The van der Waals surface area contributed by atoms with Crippen molar-refractivity contribution in [1.82, 2.24) is 0 Å². The van der Waals surface area contributed by atoms with Crippen molar-refractivity contribution in [2.45, 2.75) is 36.8 Å². The molecule has 92 valence electrons. The topological polar surface area (TPSA) is 88.4 Å². The Morgan fingerprint density at radius 2 is 2.12 bits per heavy atom. The Hall–Kier alpha value is -0.240. The van der Waals surface area contributed by atoms with Gasteiger partial charge in [-0.3, -0.25) is 0 Å². The summed E-state index contributed by atoms with van der Waals surface area (Å²) >= 11 is 0. The van der Waals surface area contributed by atoms with E-state index in [1.807, 2.05) is 0 Å². The summed E-state index contributed by atoms with van der Waals surface area (Å²) in [6.07, 6.45) is -2.70. The highest BCUT2D eigenvalue weighted by molar-refractivity contribution is 5.13. The minimum absolute atomic E-state index is 0.00645. The molecule has 0 radical (unpaired) electrons. The molecule has 2 heterocycles. The summed E-state index contributed by atoms with van der Waals surface area (Å²) in [7, 11) is 1.52. The average molecular weight is 232 g/mol. The summed E-state index contributed by atoms with van der Waals surface area (Å²) in [5.74, 6) is -0.616. The van der Waals surface area contributed by atoms with Gasteiger partial charge in [0.2, 0.25) is 0 Å². The highest BCUT2D eigenvalue weighted by Gasteiger charge is 2.68. The summed E-state index contributed by atoms with van der Waals surface area (Å²) < 4.78 is 15.9. The molecule has 2 aliphatic heterocycles. The van der Waals surface area contributed by atoms with Crippen LogP contribution in [0.4, 0.5) is 0 Å². The number of rotatable bonds is 1. The van der Waals surface area contributed by atoms with Crippen LogP contribution in [0.15, 0.2) is 0 Å². The number of ether oxygens (including phenoxy) is 3. The Bertz CT molecular complexity index is 297.